The molecule has 3 N–H and O–H groups in total. The predicted molar refractivity (Wildman–Crippen MR) is 119 cm³/mol. The van der Waals surface area contributed by atoms with Crippen LogP contribution in [0.15, 0.2) is 48.5 Å². The van der Waals surface area contributed by atoms with Crippen LogP contribution in [0.4, 0.5) is 4.79 Å². The van der Waals surface area contributed by atoms with Gasteiger partial charge in [-0.2, -0.15) is 0 Å². The fourth-order valence-electron chi connectivity index (χ4n) is 4.89. The summed E-state index contributed by atoms with van der Waals surface area (Å²) >= 11 is 0. The SMILES string of the molecule is O=C(NC[C@@H]1C[C@@H]1C(=O)NC1COCC1C(=O)O)OCC1c2ccccc2-c2ccccc21. The van der Waals surface area contributed by atoms with Crippen LogP contribution in [0.2, 0.25) is 0 Å². The summed E-state index contributed by atoms with van der Waals surface area (Å²) in [5.74, 6) is -2.08. The minimum atomic E-state index is -0.970. The normalized spacial score (nSPS) is 25.1. The lowest BCUT2D eigenvalue weighted by Crippen LogP contribution is -2.43. The summed E-state index contributed by atoms with van der Waals surface area (Å²) in [4.78, 5) is 35.9. The van der Waals surface area contributed by atoms with Gasteiger partial charge >= 0.3 is 12.1 Å². The molecule has 0 radical (unpaired) electrons. The first kappa shape index (κ1) is 21.5. The summed E-state index contributed by atoms with van der Waals surface area (Å²) in [6, 6.07) is 15.8. The van der Waals surface area contributed by atoms with Gasteiger partial charge in [0, 0.05) is 18.4 Å². The first-order valence-corrected chi connectivity index (χ1v) is 11.2. The number of ether oxygens (including phenoxy) is 2. The van der Waals surface area contributed by atoms with E-state index in [9.17, 15) is 19.5 Å². The predicted octanol–water partition coefficient (Wildman–Crippen LogP) is 2.38. The molecule has 0 aromatic heterocycles. The molecule has 8 nitrogen and oxygen atoms in total. The lowest BCUT2D eigenvalue weighted by molar-refractivity contribution is -0.142. The zero-order valence-corrected chi connectivity index (χ0v) is 18.0. The first-order chi connectivity index (χ1) is 16.0. The summed E-state index contributed by atoms with van der Waals surface area (Å²) in [7, 11) is 0. The Labute approximate surface area is 191 Å². The Hall–Kier alpha value is -3.39. The molecule has 2 aliphatic carbocycles. The summed E-state index contributed by atoms with van der Waals surface area (Å²) in [5.41, 5.74) is 4.65. The van der Waals surface area contributed by atoms with Gasteiger partial charge < -0.3 is 25.2 Å². The molecule has 172 valence electrons. The van der Waals surface area contributed by atoms with E-state index in [1.165, 1.54) is 11.1 Å². The van der Waals surface area contributed by atoms with Crippen LogP contribution < -0.4 is 10.6 Å². The molecule has 8 heteroatoms. The van der Waals surface area contributed by atoms with Crippen molar-refractivity contribution in [1.29, 1.82) is 0 Å². The number of aliphatic carboxylic acids is 1. The molecule has 33 heavy (non-hydrogen) atoms. The fourth-order valence-corrected chi connectivity index (χ4v) is 4.89. The highest BCUT2D eigenvalue weighted by Gasteiger charge is 2.45. The van der Waals surface area contributed by atoms with Crippen LogP contribution in [0.1, 0.15) is 23.5 Å². The van der Waals surface area contributed by atoms with E-state index in [0.29, 0.717) is 13.0 Å². The van der Waals surface area contributed by atoms with E-state index < -0.39 is 24.0 Å². The molecule has 0 bridgehead atoms. The summed E-state index contributed by atoms with van der Waals surface area (Å²) in [5, 5.41) is 14.7. The highest BCUT2D eigenvalue weighted by atomic mass is 16.5. The van der Waals surface area contributed by atoms with Crippen LogP contribution >= 0.6 is 0 Å². The molecule has 5 rings (SSSR count). The second-order valence-electron chi connectivity index (χ2n) is 8.91. The average molecular weight is 450 g/mol. The van der Waals surface area contributed by atoms with E-state index in [2.05, 4.69) is 34.9 Å². The molecule has 1 heterocycles. The van der Waals surface area contributed by atoms with Crippen LogP contribution in [-0.2, 0) is 19.1 Å². The number of carboxylic acid groups (broad SMARTS) is 1. The van der Waals surface area contributed by atoms with Gasteiger partial charge in [0.25, 0.3) is 0 Å². The molecule has 2 fully saturated rings. The van der Waals surface area contributed by atoms with Gasteiger partial charge in [-0.25, -0.2) is 4.79 Å². The molecule has 2 unspecified atom stereocenters. The van der Waals surface area contributed by atoms with Crippen molar-refractivity contribution < 1.29 is 29.0 Å². The van der Waals surface area contributed by atoms with Crippen molar-refractivity contribution in [2.24, 2.45) is 17.8 Å². The second kappa shape index (κ2) is 8.86. The maximum Gasteiger partial charge on any atom is 0.407 e. The third kappa shape index (κ3) is 4.30. The molecule has 0 spiro atoms. The van der Waals surface area contributed by atoms with E-state index in [1.807, 2.05) is 24.3 Å². The van der Waals surface area contributed by atoms with Crippen molar-refractivity contribution in [1.82, 2.24) is 10.6 Å². The van der Waals surface area contributed by atoms with Gasteiger partial charge in [-0.1, -0.05) is 48.5 Å². The number of rotatable bonds is 7. The lowest BCUT2D eigenvalue weighted by Gasteiger charge is -2.16. The number of hydrogen-bond acceptors (Lipinski definition) is 5. The minimum absolute atomic E-state index is 0.00147. The van der Waals surface area contributed by atoms with Gasteiger partial charge in [-0.05, 0) is 34.6 Å². The third-order valence-corrected chi connectivity index (χ3v) is 6.84. The van der Waals surface area contributed by atoms with Crippen LogP contribution in [0, 0.1) is 17.8 Å². The Morgan fingerprint density at radius 1 is 0.970 bits per heavy atom. The number of amides is 2. The number of carbonyl (C=O) groups is 3. The molecule has 1 aliphatic heterocycles. The van der Waals surface area contributed by atoms with Crippen LogP contribution in [0.3, 0.4) is 0 Å². The summed E-state index contributed by atoms with van der Waals surface area (Å²) in [6.45, 7) is 0.904. The van der Waals surface area contributed by atoms with E-state index in [0.717, 1.165) is 11.1 Å². The Morgan fingerprint density at radius 2 is 1.64 bits per heavy atom. The smallest absolute Gasteiger partial charge is 0.407 e. The van der Waals surface area contributed by atoms with Gasteiger partial charge in [0.15, 0.2) is 0 Å². The van der Waals surface area contributed by atoms with E-state index in [1.54, 1.807) is 0 Å². The van der Waals surface area contributed by atoms with Crippen LogP contribution in [0.25, 0.3) is 11.1 Å². The third-order valence-electron chi connectivity index (χ3n) is 6.84. The molecule has 1 saturated heterocycles. The van der Waals surface area contributed by atoms with Gasteiger partial charge in [0.2, 0.25) is 5.91 Å². The van der Waals surface area contributed by atoms with Crippen LogP contribution in [0.5, 0.6) is 0 Å². The molecule has 2 aromatic rings. The summed E-state index contributed by atoms with van der Waals surface area (Å²) < 4.78 is 10.7. The number of fused-ring (bicyclic) bond motifs is 3. The van der Waals surface area contributed by atoms with Gasteiger partial charge in [-0.15, -0.1) is 0 Å². The minimum Gasteiger partial charge on any atom is -0.481 e. The molecule has 2 aromatic carbocycles. The quantitative estimate of drug-likeness (QED) is 0.597. The van der Waals surface area contributed by atoms with Crippen LogP contribution in [-0.4, -0.2) is 55.5 Å². The molecular weight excluding hydrogens is 424 g/mol. The Morgan fingerprint density at radius 3 is 2.30 bits per heavy atom. The zero-order valence-electron chi connectivity index (χ0n) is 18.0. The molecular formula is C25H26N2O6. The van der Waals surface area contributed by atoms with Gasteiger partial charge in [-0.3, -0.25) is 9.59 Å². The number of alkyl carbamates (subject to hydrolysis) is 1. The molecule has 4 atom stereocenters. The largest absolute Gasteiger partial charge is 0.481 e. The van der Waals surface area contributed by atoms with E-state index in [4.69, 9.17) is 9.47 Å². The maximum absolute atomic E-state index is 12.4. The number of hydrogen-bond donors (Lipinski definition) is 3. The molecule has 2 amide bonds. The number of benzene rings is 2. The number of nitrogens with one attached hydrogen (secondary N) is 2. The van der Waals surface area contributed by atoms with Crippen molar-refractivity contribution in [2.75, 3.05) is 26.4 Å². The van der Waals surface area contributed by atoms with E-state index >= 15 is 0 Å². The van der Waals surface area contributed by atoms with Crippen molar-refractivity contribution in [3.05, 3.63) is 59.7 Å². The zero-order chi connectivity index (χ0) is 22.9. The second-order valence-corrected chi connectivity index (χ2v) is 8.91. The van der Waals surface area contributed by atoms with Gasteiger partial charge in [0.05, 0.1) is 19.3 Å². The highest BCUT2D eigenvalue weighted by Crippen LogP contribution is 2.44. The first-order valence-electron chi connectivity index (χ1n) is 11.2. The standard InChI is InChI=1S/C25H26N2O6/c28-23(27-22-13-32-11-21(22)24(29)30)19-9-14(19)10-26-25(31)33-12-20-17-7-3-1-5-15(17)16-6-2-4-8-18(16)20/h1-8,14,19-22H,9-13H2,(H,26,31)(H,27,28)(H,29,30)/t14-,19-,21?,22?/m0/s1. The van der Waals surface area contributed by atoms with E-state index in [-0.39, 0.29) is 43.5 Å². The molecule has 3 aliphatic rings. The van der Waals surface area contributed by atoms with Crippen molar-refractivity contribution in [3.8, 4) is 11.1 Å². The number of carbonyl (C=O) groups excluding carboxylic acids is 2. The Kier molecular flexibility index (Phi) is 5.76. The van der Waals surface area contributed by atoms with Crippen molar-refractivity contribution in [3.63, 3.8) is 0 Å². The van der Waals surface area contributed by atoms with Gasteiger partial charge in [0.1, 0.15) is 12.5 Å². The summed E-state index contributed by atoms with van der Waals surface area (Å²) in [6.07, 6.45) is 0.152. The highest BCUT2D eigenvalue weighted by molar-refractivity contribution is 5.83. The lowest BCUT2D eigenvalue weighted by atomic mass is 9.98. The van der Waals surface area contributed by atoms with Crippen molar-refractivity contribution >= 4 is 18.0 Å². The monoisotopic (exact) mass is 450 g/mol. The topological polar surface area (TPSA) is 114 Å². The Bertz CT molecular complexity index is 1040. The van der Waals surface area contributed by atoms with Crippen molar-refractivity contribution in [2.45, 2.75) is 18.4 Å². The number of carboxylic acids is 1. The Balaban J connectivity index is 1.09. The average Bonchev–Trinajstić information content (AvgIpc) is 3.33. The molecule has 1 saturated carbocycles. The maximum atomic E-state index is 12.4. The fraction of sp³-hybridized carbons (Fsp3) is 0.400.